The SMILES string of the molecule is c1ccc(-c2cc3oc4cccc5c6c(-c7cccc(-c8nc(-c9ccccc9)cc(-c9ccccc9)n8)c7)cccc6c(c2)c3c45)cc1. The van der Waals surface area contributed by atoms with E-state index < -0.39 is 0 Å². The number of aromatic nitrogens is 2. The van der Waals surface area contributed by atoms with Crippen molar-refractivity contribution in [3.63, 3.8) is 0 Å². The standard InChI is InChI=1S/C46H28N2O/c1-4-13-29(14-5-1)34-26-38-36-22-11-21-35(43(36)37-23-12-24-41-44(37)45(38)42(27-34)49-41)32-19-10-20-33(25-32)46-47-39(30-15-6-2-7-16-30)28-40(48-46)31-17-8-3-9-18-31/h1-28H. The molecular weight excluding hydrogens is 597 g/mol. The van der Waals surface area contributed by atoms with E-state index in [1.165, 1.54) is 43.4 Å². The summed E-state index contributed by atoms with van der Waals surface area (Å²) < 4.78 is 6.55. The summed E-state index contributed by atoms with van der Waals surface area (Å²) in [5, 5.41) is 7.18. The minimum absolute atomic E-state index is 0.698. The Hall–Kier alpha value is -6.58. The molecular formula is C46H28N2O. The predicted molar refractivity (Wildman–Crippen MR) is 203 cm³/mol. The second-order valence-corrected chi connectivity index (χ2v) is 12.5. The zero-order valence-electron chi connectivity index (χ0n) is 26.5. The van der Waals surface area contributed by atoms with Crippen molar-refractivity contribution in [1.82, 2.24) is 9.97 Å². The molecule has 0 amide bonds. The lowest BCUT2D eigenvalue weighted by Gasteiger charge is -2.15. The van der Waals surface area contributed by atoms with Gasteiger partial charge in [-0.2, -0.15) is 0 Å². The minimum Gasteiger partial charge on any atom is -0.456 e. The molecule has 0 fully saturated rings. The first kappa shape index (κ1) is 27.5. The largest absolute Gasteiger partial charge is 0.456 e. The first-order valence-electron chi connectivity index (χ1n) is 16.6. The molecule has 228 valence electrons. The Kier molecular flexibility index (Phi) is 6.18. The van der Waals surface area contributed by atoms with Crippen LogP contribution in [0.15, 0.2) is 174 Å². The van der Waals surface area contributed by atoms with Gasteiger partial charge in [0, 0.05) is 27.5 Å². The van der Waals surface area contributed by atoms with E-state index >= 15 is 0 Å². The van der Waals surface area contributed by atoms with Gasteiger partial charge in [0.2, 0.25) is 0 Å². The molecule has 2 heterocycles. The molecule has 0 N–H and O–H groups in total. The molecule has 0 saturated carbocycles. The van der Waals surface area contributed by atoms with Crippen LogP contribution in [0.3, 0.4) is 0 Å². The van der Waals surface area contributed by atoms with Gasteiger partial charge in [-0.15, -0.1) is 0 Å². The van der Waals surface area contributed by atoms with Gasteiger partial charge in [0.15, 0.2) is 5.82 Å². The van der Waals surface area contributed by atoms with Crippen LogP contribution in [0.4, 0.5) is 0 Å². The molecule has 10 rings (SSSR count). The maximum absolute atomic E-state index is 6.55. The van der Waals surface area contributed by atoms with Gasteiger partial charge in [-0.3, -0.25) is 0 Å². The predicted octanol–water partition coefficient (Wildman–Crippen LogP) is 12.5. The fourth-order valence-corrected chi connectivity index (χ4v) is 7.39. The van der Waals surface area contributed by atoms with Crippen LogP contribution in [-0.2, 0) is 0 Å². The number of furan rings is 1. The zero-order chi connectivity index (χ0) is 32.3. The highest BCUT2D eigenvalue weighted by molar-refractivity contribution is 6.35. The molecule has 0 radical (unpaired) electrons. The highest BCUT2D eigenvalue weighted by Crippen LogP contribution is 2.47. The minimum atomic E-state index is 0.698. The molecule has 2 aromatic heterocycles. The van der Waals surface area contributed by atoms with E-state index in [1.54, 1.807) is 0 Å². The average molecular weight is 625 g/mol. The number of benzene rings is 8. The Morgan fingerprint density at radius 2 is 0.898 bits per heavy atom. The van der Waals surface area contributed by atoms with Crippen molar-refractivity contribution in [2.75, 3.05) is 0 Å². The third-order valence-corrected chi connectivity index (χ3v) is 9.63. The zero-order valence-corrected chi connectivity index (χ0v) is 26.5. The molecule has 0 bridgehead atoms. The number of hydrogen-bond acceptors (Lipinski definition) is 3. The summed E-state index contributed by atoms with van der Waals surface area (Å²) in [4.78, 5) is 10.2. The van der Waals surface area contributed by atoms with Gasteiger partial charge in [-0.05, 0) is 74.1 Å². The second kappa shape index (κ2) is 11.0. The van der Waals surface area contributed by atoms with Crippen LogP contribution in [0.25, 0.3) is 99.6 Å². The third-order valence-electron chi connectivity index (χ3n) is 9.63. The first-order valence-corrected chi connectivity index (χ1v) is 16.6. The fourth-order valence-electron chi connectivity index (χ4n) is 7.39. The molecule has 0 atom stereocenters. The van der Waals surface area contributed by atoms with Crippen molar-refractivity contribution in [2.24, 2.45) is 0 Å². The molecule has 8 aromatic carbocycles. The van der Waals surface area contributed by atoms with Gasteiger partial charge < -0.3 is 4.42 Å². The molecule has 0 aliphatic carbocycles. The summed E-state index contributed by atoms with van der Waals surface area (Å²) in [6, 6.07) is 59.5. The lowest BCUT2D eigenvalue weighted by atomic mass is 9.88. The van der Waals surface area contributed by atoms with Gasteiger partial charge in [-0.25, -0.2) is 9.97 Å². The van der Waals surface area contributed by atoms with Crippen molar-refractivity contribution in [3.8, 4) is 56.2 Å². The van der Waals surface area contributed by atoms with E-state index in [2.05, 4.69) is 133 Å². The monoisotopic (exact) mass is 624 g/mol. The molecule has 3 nitrogen and oxygen atoms in total. The van der Waals surface area contributed by atoms with E-state index in [0.717, 1.165) is 50.4 Å². The molecule has 49 heavy (non-hydrogen) atoms. The Labute approximate surface area is 283 Å². The highest BCUT2D eigenvalue weighted by Gasteiger charge is 2.21. The van der Waals surface area contributed by atoms with Gasteiger partial charge in [0.1, 0.15) is 11.2 Å². The third kappa shape index (κ3) is 4.51. The maximum atomic E-state index is 6.55. The van der Waals surface area contributed by atoms with E-state index in [0.29, 0.717) is 5.82 Å². The molecule has 0 unspecified atom stereocenters. The van der Waals surface area contributed by atoms with Crippen LogP contribution >= 0.6 is 0 Å². The fraction of sp³-hybridized carbons (Fsp3) is 0. The summed E-state index contributed by atoms with van der Waals surface area (Å²) in [6.45, 7) is 0. The van der Waals surface area contributed by atoms with E-state index in [-0.39, 0.29) is 0 Å². The lowest BCUT2D eigenvalue weighted by molar-refractivity contribution is 0.669. The summed E-state index contributed by atoms with van der Waals surface area (Å²) in [7, 11) is 0. The molecule has 10 aromatic rings. The Bertz CT molecular complexity index is 2750. The van der Waals surface area contributed by atoms with E-state index in [4.69, 9.17) is 14.4 Å². The van der Waals surface area contributed by atoms with Crippen LogP contribution in [0.5, 0.6) is 0 Å². The van der Waals surface area contributed by atoms with Gasteiger partial charge >= 0.3 is 0 Å². The normalized spacial score (nSPS) is 11.7. The van der Waals surface area contributed by atoms with E-state index in [9.17, 15) is 0 Å². The van der Waals surface area contributed by atoms with Crippen molar-refractivity contribution < 1.29 is 4.42 Å². The number of fused-ring (bicyclic) bond motifs is 3. The molecule has 0 aliphatic heterocycles. The topological polar surface area (TPSA) is 38.9 Å². The Morgan fingerprint density at radius 3 is 1.61 bits per heavy atom. The summed E-state index contributed by atoms with van der Waals surface area (Å²) in [5.74, 6) is 0.698. The Balaban J connectivity index is 1.21. The highest BCUT2D eigenvalue weighted by atomic mass is 16.3. The van der Waals surface area contributed by atoms with Gasteiger partial charge in [0.25, 0.3) is 0 Å². The summed E-state index contributed by atoms with van der Waals surface area (Å²) in [5.41, 5.74) is 11.3. The van der Waals surface area contributed by atoms with Crippen molar-refractivity contribution in [1.29, 1.82) is 0 Å². The van der Waals surface area contributed by atoms with Gasteiger partial charge in [0.05, 0.1) is 11.4 Å². The van der Waals surface area contributed by atoms with Crippen LogP contribution in [0.1, 0.15) is 0 Å². The summed E-state index contributed by atoms with van der Waals surface area (Å²) in [6.07, 6.45) is 0. The van der Waals surface area contributed by atoms with Crippen molar-refractivity contribution >= 4 is 43.5 Å². The van der Waals surface area contributed by atoms with Crippen molar-refractivity contribution in [2.45, 2.75) is 0 Å². The molecule has 0 aliphatic rings. The first-order chi connectivity index (χ1) is 24.3. The number of rotatable bonds is 5. The quantitative estimate of drug-likeness (QED) is 0.179. The molecule has 0 saturated heterocycles. The van der Waals surface area contributed by atoms with Crippen LogP contribution in [-0.4, -0.2) is 9.97 Å². The van der Waals surface area contributed by atoms with E-state index in [1.807, 2.05) is 36.4 Å². The molecule has 0 spiro atoms. The maximum Gasteiger partial charge on any atom is 0.160 e. The lowest BCUT2D eigenvalue weighted by Crippen LogP contribution is -1.96. The van der Waals surface area contributed by atoms with Crippen LogP contribution in [0.2, 0.25) is 0 Å². The van der Waals surface area contributed by atoms with Crippen LogP contribution < -0.4 is 0 Å². The number of hydrogen-bond donors (Lipinski definition) is 0. The average Bonchev–Trinajstić information content (AvgIpc) is 3.57. The second-order valence-electron chi connectivity index (χ2n) is 12.5. The Morgan fingerprint density at radius 1 is 0.327 bits per heavy atom. The summed E-state index contributed by atoms with van der Waals surface area (Å²) >= 11 is 0. The molecule has 3 heteroatoms. The smallest absolute Gasteiger partial charge is 0.160 e. The van der Waals surface area contributed by atoms with Crippen LogP contribution in [0, 0.1) is 0 Å². The van der Waals surface area contributed by atoms with Gasteiger partial charge in [-0.1, -0.05) is 140 Å². The number of nitrogens with zero attached hydrogens (tertiary/aromatic N) is 2. The van der Waals surface area contributed by atoms with Crippen molar-refractivity contribution in [3.05, 3.63) is 170 Å².